The Morgan fingerprint density at radius 1 is 1.50 bits per heavy atom. The molecule has 0 spiro atoms. The second kappa shape index (κ2) is 4.71. The van der Waals surface area contributed by atoms with Crippen molar-refractivity contribution in [1.82, 2.24) is 14.8 Å². The van der Waals surface area contributed by atoms with Gasteiger partial charge in [0.1, 0.15) is 0 Å². The lowest BCUT2D eigenvalue weighted by Gasteiger charge is -2.04. The molecule has 0 fully saturated rings. The lowest BCUT2D eigenvalue weighted by molar-refractivity contribution is -0.384. The third-order valence-corrected chi connectivity index (χ3v) is 2.52. The summed E-state index contributed by atoms with van der Waals surface area (Å²) >= 11 is 0.883. The molecule has 1 aromatic carbocycles. The molecule has 0 saturated carbocycles. The van der Waals surface area contributed by atoms with Crippen LogP contribution in [0, 0.1) is 10.1 Å². The molecule has 9 nitrogen and oxygen atoms in total. The predicted octanol–water partition coefficient (Wildman–Crippen LogP) is 0.676. The minimum absolute atomic E-state index is 0.000556. The SMILES string of the molecule is Nc1ccc([N+](=O)[O-])cc1C(=O)Nc1nnns1. The molecule has 0 unspecified atom stereocenters. The number of nitrogens with zero attached hydrogens (tertiary/aromatic N) is 4. The number of amides is 1. The van der Waals surface area contributed by atoms with Crippen LogP contribution in [0.5, 0.6) is 0 Å². The van der Waals surface area contributed by atoms with Crippen LogP contribution in [0.15, 0.2) is 18.2 Å². The van der Waals surface area contributed by atoms with Crippen LogP contribution in [-0.2, 0) is 0 Å². The number of hydrogen-bond donors (Lipinski definition) is 2. The summed E-state index contributed by atoms with van der Waals surface area (Å²) in [5.74, 6) is -0.602. The number of nitro benzene ring substituents is 1. The summed E-state index contributed by atoms with van der Waals surface area (Å²) in [5, 5.41) is 20.0. The molecular weight excluding hydrogens is 260 g/mol. The lowest BCUT2D eigenvalue weighted by atomic mass is 10.1. The van der Waals surface area contributed by atoms with Crippen molar-refractivity contribution in [3.63, 3.8) is 0 Å². The van der Waals surface area contributed by atoms with Crippen molar-refractivity contribution in [3.05, 3.63) is 33.9 Å². The van der Waals surface area contributed by atoms with Gasteiger partial charge in [0.25, 0.3) is 11.6 Å². The van der Waals surface area contributed by atoms with Gasteiger partial charge >= 0.3 is 0 Å². The number of carbonyl (C=O) groups is 1. The van der Waals surface area contributed by atoms with Gasteiger partial charge < -0.3 is 5.73 Å². The number of anilines is 2. The summed E-state index contributed by atoms with van der Waals surface area (Å²) in [6.07, 6.45) is 0. The zero-order valence-electron chi connectivity index (χ0n) is 8.73. The summed E-state index contributed by atoms with van der Waals surface area (Å²) in [7, 11) is 0. The normalized spacial score (nSPS) is 10.0. The standard InChI is InChI=1S/C8H6N6O3S/c9-6-2-1-4(14(16)17)3-5(6)7(15)10-8-11-12-13-18-8/h1-3H,9H2,(H,10,11,13,15). The van der Waals surface area contributed by atoms with E-state index in [9.17, 15) is 14.9 Å². The summed E-state index contributed by atoms with van der Waals surface area (Å²) in [6, 6.07) is 3.61. The summed E-state index contributed by atoms with van der Waals surface area (Å²) < 4.78 is 3.46. The molecule has 0 saturated heterocycles. The van der Waals surface area contributed by atoms with E-state index < -0.39 is 10.8 Å². The van der Waals surface area contributed by atoms with Gasteiger partial charge in [0, 0.05) is 29.4 Å². The van der Waals surface area contributed by atoms with Crippen LogP contribution in [0.25, 0.3) is 0 Å². The zero-order chi connectivity index (χ0) is 13.1. The number of non-ortho nitro benzene ring substituents is 1. The van der Waals surface area contributed by atoms with Crippen LogP contribution in [0.2, 0.25) is 0 Å². The highest BCUT2D eigenvalue weighted by molar-refractivity contribution is 7.09. The molecular formula is C8H6N6O3S. The predicted molar refractivity (Wildman–Crippen MR) is 63.2 cm³/mol. The van der Waals surface area contributed by atoms with Gasteiger partial charge in [-0.1, -0.05) is 9.59 Å². The van der Waals surface area contributed by atoms with Crippen LogP contribution in [0.1, 0.15) is 10.4 Å². The molecule has 0 atom stereocenters. The molecule has 0 radical (unpaired) electrons. The Morgan fingerprint density at radius 3 is 2.89 bits per heavy atom. The number of aromatic nitrogens is 3. The fourth-order valence-electron chi connectivity index (χ4n) is 1.20. The molecule has 0 aliphatic rings. The van der Waals surface area contributed by atoms with Crippen molar-refractivity contribution in [1.29, 1.82) is 0 Å². The van der Waals surface area contributed by atoms with Crippen LogP contribution in [0.4, 0.5) is 16.5 Å². The second-order valence-electron chi connectivity index (χ2n) is 3.15. The molecule has 92 valence electrons. The fraction of sp³-hybridized carbons (Fsp3) is 0. The second-order valence-corrected chi connectivity index (χ2v) is 3.88. The maximum absolute atomic E-state index is 11.8. The zero-order valence-corrected chi connectivity index (χ0v) is 9.55. The van der Waals surface area contributed by atoms with Crippen molar-refractivity contribution in [2.24, 2.45) is 0 Å². The Kier molecular flexibility index (Phi) is 3.10. The van der Waals surface area contributed by atoms with Crippen molar-refractivity contribution in [2.75, 3.05) is 11.1 Å². The third-order valence-electron chi connectivity index (χ3n) is 2.01. The molecule has 1 heterocycles. The van der Waals surface area contributed by atoms with Crippen molar-refractivity contribution >= 4 is 33.9 Å². The van der Waals surface area contributed by atoms with E-state index in [4.69, 9.17) is 5.73 Å². The van der Waals surface area contributed by atoms with E-state index in [0.29, 0.717) is 0 Å². The van der Waals surface area contributed by atoms with Crippen molar-refractivity contribution in [3.8, 4) is 0 Å². The first-order valence-corrected chi connectivity index (χ1v) is 5.35. The van der Waals surface area contributed by atoms with E-state index in [-0.39, 0.29) is 22.1 Å². The highest BCUT2D eigenvalue weighted by atomic mass is 32.1. The molecule has 0 aliphatic heterocycles. The molecule has 2 rings (SSSR count). The topological polar surface area (TPSA) is 137 Å². The van der Waals surface area contributed by atoms with Gasteiger partial charge in [-0.2, -0.15) is 0 Å². The average molecular weight is 266 g/mol. The first-order chi connectivity index (χ1) is 8.58. The minimum atomic E-state index is -0.608. The van der Waals surface area contributed by atoms with E-state index in [2.05, 4.69) is 20.1 Å². The smallest absolute Gasteiger partial charge is 0.270 e. The van der Waals surface area contributed by atoms with E-state index in [1.807, 2.05) is 0 Å². The highest BCUT2D eigenvalue weighted by Gasteiger charge is 2.16. The Hall–Kier alpha value is -2.62. The first kappa shape index (κ1) is 11.9. The summed E-state index contributed by atoms with van der Waals surface area (Å²) in [4.78, 5) is 21.8. The number of nitrogen functional groups attached to an aromatic ring is 1. The van der Waals surface area contributed by atoms with Crippen molar-refractivity contribution in [2.45, 2.75) is 0 Å². The number of carbonyl (C=O) groups excluding carboxylic acids is 1. The largest absolute Gasteiger partial charge is 0.398 e. The highest BCUT2D eigenvalue weighted by Crippen LogP contribution is 2.20. The Morgan fingerprint density at radius 2 is 2.28 bits per heavy atom. The fourth-order valence-corrected chi connectivity index (χ4v) is 1.56. The number of rotatable bonds is 3. The van der Waals surface area contributed by atoms with Crippen LogP contribution in [-0.4, -0.2) is 25.6 Å². The van der Waals surface area contributed by atoms with E-state index in [1.54, 1.807) is 0 Å². The van der Waals surface area contributed by atoms with Gasteiger partial charge in [-0.25, -0.2) is 0 Å². The Bertz CT molecular complexity index is 599. The number of nitrogens with two attached hydrogens (primary N) is 1. The number of benzene rings is 1. The molecule has 2 aromatic rings. The van der Waals surface area contributed by atoms with Gasteiger partial charge in [0.15, 0.2) is 0 Å². The minimum Gasteiger partial charge on any atom is -0.398 e. The van der Waals surface area contributed by atoms with Gasteiger partial charge in [0.2, 0.25) is 5.13 Å². The van der Waals surface area contributed by atoms with Crippen LogP contribution in [0.3, 0.4) is 0 Å². The molecule has 18 heavy (non-hydrogen) atoms. The summed E-state index contributed by atoms with van der Waals surface area (Å²) in [6.45, 7) is 0. The average Bonchev–Trinajstić information content (AvgIpc) is 2.81. The maximum atomic E-state index is 11.8. The van der Waals surface area contributed by atoms with Crippen molar-refractivity contribution < 1.29 is 9.72 Å². The first-order valence-electron chi connectivity index (χ1n) is 4.58. The van der Waals surface area contributed by atoms with Gasteiger partial charge in [-0.05, 0) is 11.3 Å². The Balaban J connectivity index is 2.29. The quantitative estimate of drug-likeness (QED) is 0.473. The van der Waals surface area contributed by atoms with E-state index in [1.165, 1.54) is 12.1 Å². The molecule has 3 N–H and O–H groups in total. The third kappa shape index (κ3) is 2.38. The molecule has 1 aromatic heterocycles. The van der Waals surface area contributed by atoms with Crippen LogP contribution >= 0.6 is 11.5 Å². The molecule has 0 bridgehead atoms. The molecule has 1 amide bonds. The Labute approximate surface area is 104 Å². The molecule has 10 heteroatoms. The monoisotopic (exact) mass is 266 g/mol. The number of hydrogen-bond acceptors (Lipinski definition) is 8. The number of nitro groups is 1. The van der Waals surface area contributed by atoms with E-state index in [0.717, 1.165) is 17.6 Å². The van der Waals surface area contributed by atoms with Gasteiger partial charge in [0.05, 0.1) is 10.5 Å². The van der Waals surface area contributed by atoms with Gasteiger partial charge in [-0.3, -0.25) is 20.2 Å². The van der Waals surface area contributed by atoms with E-state index >= 15 is 0 Å². The van der Waals surface area contributed by atoms with Crippen LogP contribution < -0.4 is 11.1 Å². The summed E-state index contributed by atoms with van der Waals surface area (Å²) in [5.41, 5.74) is 5.50. The molecule has 0 aliphatic carbocycles. The maximum Gasteiger partial charge on any atom is 0.270 e. The van der Waals surface area contributed by atoms with Gasteiger partial charge in [-0.15, -0.1) is 0 Å². The number of nitrogens with one attached hydrogen (secondary N) is 1. The lowest BCUT2D eigenvalue weighted by Crippen LogP contribution is -2.14.